The van der Waals surface area contributed by atoms with Crippen molar-refractivity contribution in [1.29, 1.82) is 0 Å². The average molecular weight is 341 g/mol. The summed E-state index contributed by atoms with van der Waals surface area (Å²) in [7, 11) is 0. The summed E-state index contributed by atoms with van der Waals surface area (Å²) in [6.07, 6.45) is 0.822. The number of hydrogen-bond donors (Lipinski definition) is 3. The Labute approximate surface area is 123 Å². The molecule has 1 aliphatic rings. The lowest BCUT2D eigenvalue weighted by Gasteiger charge is -2.22. The molecule has 106 valence electrons. The van der Waals surface area contributed by atoms with Gasteiger partial charge in [0.2, 0.25) is 11.8 Å². The van der Waals surface area contributed by atoms with Crippen molar-refractivity contribution in [3.8, 4) is 0 Å². The number of aromatic carboxylic acids is 1. The Balaban J connectivity index is 2.09. The van der Waals surface area contributed by atoms with Crippen LogP contribution in [0.1, 0.15) is 23.2 Å². The van der Waals surface area contributed by atoms with Crippen molar-refractivity contribution in [3.05, 3.63) is 28.2 Å². The minimum atomic E-state index is -1.06. The van der Waals surface area contributed by atoms with E-state index in [-0.39, 0.29) is 23.3 Å². The van der Waals surface area contributed by atoms with Gasteiger partial charge in [-0.25, -0.2) is 4.79 Å². The summed E-state index contributed by atoms with van der Waals surface area (Å²) in [4.78, 5) is 34.0. The van der Waals surface area contributed by atoms with Crippen LogP contribution in [0.2, 0.25) is 0 Å². The molecular formula is C13H13BrN2O4. The zero-order valence-electron chi connectivity index (χ0n) is 10.5. The van der Waals surface area contributed by atoms with Gasteiger partial charge in [0.05, 0.1) is 17.2 Å². The molecule has 1 unspecified atom stereocenters. The quantitative estimate of drug-likeness (QED) is 0.778. The third kappa shape index (κ3) is 3.36. The zero-order valence-corrected chi connectivity index (χ0v) is 12.1. The lowest BCUT2D eigenvalue weighted by atomic mass is 9.98. The molecule has 1 aliphatic heterocycles. The molecule has 6 nitrogen and oxygen atoms in total. The summed E-state index contributed by atoms with van der Waals surface area (Å²) in [5, 5.41) is 14.3. The topological polar surface area (TPSA) is 95.5 Å². The molecule has 0 aromatic heterocycles. The fourth-order valence-electron chi connectivity index (χ4n) is 1.95. The van der Waals surface area contributed by atoms with E-state index in [9.17, 15) is 14.4 Å². The number of hydrogen-bond acceptors (Lipinski definition) is 3. The molecule has 1 fully saturated rings. The number of piperidine rings is 1. The number of benzene rings is 1. The van der Waals surface area contributed by atoms with Gasteiger partial charge in [0.1, 0.15) is 0 Å². The van der Waals surface area contributed by atoms with Crippen molar-refractivity contribution in [1.82, 2.24) is 5.32 Å². The predicted molar refractivity (Wildman–Crippen MR) is 75.5 cm³/mol. The Morgan fingerprint density at radius 3 is 2.75 bits per heavy atom. The lowest BCUT2D eigenvalue weighted by molar-refractivity contribution is -0.126. The van der Waals surface area contributed by atoms with Crippen LogP contribution < -0.4 is 10.6 Å². The van der Waals surface area contributed by atoms with Crippen LogP contribution in [0, 0.1) is 5.92 Å². The van der Waals surface area contributed by atoms with E-state index in [0.717, 1.165) is 0 Å². The highest BCUT2D eigenvalue weighted by Gasteiger charge is 2.25. The Kier molecular flexibility index (Phi) is 4.39. The monoisotopic (exact) mass is 340 g/mol. The summed E-state index contributed by atoms with van der Waals surface area (Å²) >= 11 is 3.26. The summed E-state index contributed by atoms with van der Waals surface area (Å²) in [6.45, 7) is 0.306. The van der Waals surface area contributed by atoms with Crippen LogP contribution in [0.15, 0.2) is 22.7 Å². The molecule has 1 heterocycles. The first-order valence-corrected chi connectivity index (χ1v) is 6.87. The van der Waals surface area contributed by atoms with Crippen LogP contribution in [-0.4, -0.2) is 29.4 Å². The number of carboxylic acid groups (broad SMARTS) is 1. The van der Waals surface area contributed by atoms with Gasteiger partial charge in [0.15, 0.2) is 0 Å². The fraction of sp³-hybridized carbons (Fsp3) is 0.308. The highest BCUT2D eigenvalue weighted by atomic mass is 79.9. The second-order valence-electron chi connectivity index (χ2n) is 4.53. The molecule has 7 heteroatoms. The molecule has 2 rings (SSSR count). The van der Waals surface area contributed by atoms with Crippen LogP contribution in [-0.2, 0) is 9.59 Å². The zero-order chi connectivity index (χ0) is 14.7. The third-order valence-corrected chi connectivity index (χ3v) is 3.80. The molecular weight excluding hydrogens is 328 g/mol. The van der Waals surface area contributed by atoms with E-state index < -0.39 is 5.97 Å². The lowest BCUT2D eigenvalue weighted by Crippen LogP contribution is -2.40. The molecule has 0 aliphatic carbocycles. The van der Waals surface area contributed by atoms with Crippen LogP contribution in [0.4, 0.5) is 5.69 Å². The van der Waals surface area contributed by atoms with E-state index in [4.69, 9.17) is 5.11 Å². The Morgan fingerprint density at radius 1 is 1.40 bits per heavy atom. The Morgan fingerprint density at radius 2 is 2.15 bits per heavy atom. The van der Waals surface area contributed by atoms with Crippen molar-refractivity contribution in [2.75, 3.05) is 11.9 Å². The first-order valence-electron chi connectivity index (χ1n) is 6.08. The standard InChI is InChI=1S/C13H13BrN2O4/c14-9-3-1-7(13(19)20)5-10(9)16-12(18)8-2-4-11(17)15-6-8/h1,3,5,8H,2,4,6H2,(H,15,17)(H,16,18)(H,19,20). The van der Waals surface area contributed by atoms with E-state index in [2.05, 4.69) is 26.6 Å². The van der Waals surface area contributed by atoms with Crippen LogP contribution in [0.3, 0.4) is 0 Å². The molecule has 1 aromatic carbocycles. The van der Waals surface area contributed by atoms with E-state index in [1.807, 2.05) is 0 Å². The summed E-state index contributed by atoms with van der Waals surface area (Å²) in [6, 6.07) is 4.41. The molecule has 1 aromatic rings. The van der Waals surface area contributed by atoms with Crippen molar-refractivity contribution >= 4 is 39.4 Å². The molecule has 20 heavy (non-hydrogen) atoms. The second kappa shape index (κ2) is 6.04. The van der Waals surface area contributed by atoms with Crippen LogP contribution in [0.5, 0.6) is 0 Å². The molecule has 1 saturated heterocycles. The molecule has 0 saturated carbocycles. The van der Waals surface area contributed by atoms with E-state index in [1.54, 1.807) is 6.07 Å². The first-order chi connectivity index (χ1) is 9.47. The second-order valence-corrected chi connectivity index (χ2v) is 5.38. The number of carbonyl (C=O) groups is 3. The summed E-state index contributed by atoms with van der Waals surface area (Å²) < 4.78 is 0.607. The largest absolute Gasteiger partial charge is 0.478 e. The van der Waals surface area contributed by atoms with Gasteiger partial charge >= 0.3 is 5.97 Å². The number of carboxylic acids is 1. The smallest absolute Gasteiger partial charge is 0.335 e. The average Bonchev–Trinajstić information content (AvgIpc) is 2.41. The van der Waals surface area contributed by atoms with Crippen molar-refractivity contribution in [2.24, 2.45) is 5.92 Å². The Bertz CT molecular complexity index is 563. The molecule has 3 N–H and O–H groups in total. The SMILES string of the molecule is O=C1CCC(C(=O)Nc2cc(C(=O)O)ccc2Br)CN1. The summed E-state index contributed by atoms with van der Waals surface area (Å²) in [5.74, 6) is -1.64. The number of rotatable bonds is 3. The molecule has 2 amide bonds. The summed E-state index contributed by atoms with van der Waals surface area (Å²) in [5.41, 5.74) is 0.507. The molecule has 1 atom stereocenters. The maximum atomic E-state index is 12.1. The van der Waals surface area contributed by atoms with Gasteiger partial charge < -0.3 is 15.7 Å². The predicted octanol–water partition coefficient (Wildman–Crippen LogP) is 1.61. The normalized spacial score (nSPS) is 18.2. The van der Waals surface area contributed by atoms with Crippen molar-refractivity contribution < 1.29 is 19.5 Å². The highest BCUT2D eigenvalue weighted by molar-refractivity contribution is 9.10. The van der Waals surface area contributed by atoms with E-state index in [0.29, 0.717) is 29.5 Å². The van der Waals surface area contributed by atoms with Gasteiger partial charge in [-0.2, -0.15) is 0 Å². The Hall–Kier alpha value is -1.89. The number of nitrogens with one attached hydrogen (secondary N) is 2. The van der Waals surface area contributed by atoms with Gasteiger partial charge in [-0.15, -0.1) is 0 Å². The number of halogens is 1. The number of anilines is 1. The van der Waals surface area contributed by atoms with Crippen molar-refractivity contribution in [2.45, 2.75) is 12.8 Å². The third-order valence-electron chi connectivity index (χ3n) is 3.11. The molecule has 0 radical (unpaired) electrons. The van der Waals surface area contributed by atoms with Gasteiger partial charge in [-0.3, -0.25) is 9.59 Å². The van der Waals surface area contributed by atoms with Crippen LogP contribution in [0.25, 0.3) is 0 Å². The molecule has 0 spiro atoms. The first kappa shape index (κ1) is 14.5. The van der Waals surface area contributed by atoms with Gasteiger partial charge in [0.25, 0.3) is 0 Å². The van der Waals surface area contributed by atoms with Gasteiger partial charge in [0, 0.05) is 17.4 Å². The maximum Gasteiger partial charge on any atom is 0.335 e. The number of carbonyl (C=O) groups excluding carboxylic acids is 2. The van der Waals surface area contributed by atoms with Crippen LogP contribution >= 0.6 is 15.9 Å². The van der Waals surface area contributed by atoms with Gasteiger partial charge in [-0.05, 0) is 40.5 Å². The van der Waals surface area contributed by atoms with Gasteiger partial charge in [-0.1, -0.05) is 0 Å². The minimum absolute atomic E-state index is 0.0527. The maximum absolute atomic E-state index is 12.1. The van der Waals surface area contributed by atoms with E-state index in [1.165, 1.54) is 12.1 Å². The molecule has 0 bridgehead atoms. The highest BCUT2D eigenvalue weighted by Crippen LogP contribution is 2.25. The van der Waals surface area contributed by atoms with Crippen molar-refractivity contribution in [3.63, 3.8) is 0 Å². The minimum Gasteiger partial charge on any atom is -0.478 e. The number of amides is 2. The van der Waals surface area contributed by atoms with E-state index >= 15 is 0 Å². The fourth-order valence-corrected chi connectivity index (χ4v) is 2.29.